The number of anilines is 1. The number of nitrogens with zero attached hydrogens (tertiary/aromatic N) is 2. The Balaban J connectivity index is 1.81. The minimum atomic E-state index is -0.0568. The monoisotopic (exact) mass is 254 g/mol. The number of hydrogen-bond donors (Lipinski definition) is 2. The molecule has 0 unspecified atom stereocenters. The second kappa shape index (κ2) is 5.04. The smallest absolute Gasteiger partial charge is 0.226 e. The van der Waals surface area contributed by atoms with E-state index in [1.165, 1.54) is 22.7 Å². The van der Waals surface area contributed by atoms with E-state index in [9.17, 15) is 4.79 Å². The molecule has 0 bridgehead atoms. The van der Waals surface area contributed by atoms with Crippen LogP contribution in [0.2, 0.25) is 0 Å². The fourth-order valence-electron chi connectivity index (χ4n) is 1.15. The van der Waals surface area contributed by atoms with E-state index in [1.807, 2.05) is 0 Å². The highest BCUT2D eigenvalue weighted by Crippen LogP contribution is 2.11. The number of carbonyl (C=O) groups excluding carboxylic acids is 1. The maximum absolute atomic E-state index is 11.5. The molecule has 7 heteroatoms. The van der Waals surface area contributed by atoms with Crippen LogP contribution in [0.4, 0.5) is 5.13 Å². The van der Waals surface area contributed by atoms with Gasteiger partial charge in [-0.1, -0.05) is 0 Å². The molecule has 0 aliphatic heterocycles. The summed E-state index contributed by atoms with van der Waals surface area (Å²) in [5.41, 5.74) is 7.93. The molecule has 2 heterocycles. The van der Waals surface area contributed by atoms with E-state index in [0.717, 1.165) is 4.88 Å². The summed E-state index contributed by atoms with van der Waals surface area (Å²) in [5.74, 6) is -0.0568. The lowest BCUT2D eigenvalue weighted by molar-refractivity contribution is -0.120. The summed E-state index contributed by atoms with van der Waals surface area (Å²) in [5, 5.41) is 5.08. The molecule has 84 valence electrons. The highest BCUT2D eigenvalue weighted by molar-refractivity contribution is 7.13. The van der Waals surface area contributed by atoms with Crippen LogP contribution in [0.15, 0.2) is 17.1 Å². The van der Waals surface area contributed by atoms with Gasteiger partial charge in [-0.05, 0) is 0 Å². The van der Waals surface area contributed by atoms with Crippen molar-refractivity contribution in [2.45, 2.75) is 13.0 Å². The van der Waals surface area contributed by atoms with Gasteiger partial charge in [-0.15, -0.1) is 22.7 Å². The van der Waals surface area contributed by atoms with E-state index in [0.29, 0.717) is 17.4 Å². The van der Waals surface area contributed by atoms with Gasteiger partial charge in [-0.25, -0.2) is 4.98 Å². The lowest BCUT2D eigenvalue weighted by atomic mass is 10.3. The molecule has 3 N–H and O–H groups in total. The van der Waals surface area contributed by atoms with Gasteiger partial charge in [0.05, 0.1) is 24.2 Å². The Morgan fingerprint density at radius 2 is 2.38 bits per heavy atom. The van der Waals surface area contributed by atoms with Crippen LogP contribution in [-0.4, -0.2) is 15.9 Å². The zero-order chi connectivity index (χ0) is 11.4. The molecule has 2 aromatic heterocycles. The van der Waals surface area contributed by atoms with Crippen molar-refractivity contribution in [1.29, 1.82) is 0 Å². The molecule has 0 aromatic carbocycles. The Labute approximate surface area is 100 Å². The van der Waals surface area contributed by atoms with E-state index in [4.69, 9.17) is 5.73 Å². The molecule has 0 saturated heterocycles. The molecular weight excluding hydrogens is 244 g/mol. The van der Waals surface area contributed by atoms with Gasteiger partial charge in [0, 0.05) is 16.5 Å². The zero-order valence-electron chi connectivity index (χ0n) is 8.34. The maximum Gasteiger partial charge on any atom is 0.226 e. The summed E-state index contributed by atoms with van der Waals surface area (Å²) in [6.45, 7) is 0.517. The Hall–Kier alpha value is -1.47. The largest absolute Gasteiger partial charge is 0.375 e. The van der Waals surface area contributed by atoms with Gasteiger partial charge in [-0.3, -0.25) is 9.78 Å². The van der Waals surface area contributed by atoms with E-state index >= 15 is 0 Å². The highest BCUT2D eigenvalue weighted by atomic mass is 32.1. The van der Waals surface area contributed by atoms with Gasteiger partial charge in [0.25, 0.3) is 0 Å². The first-order valence-corrected chi connectivity index (χ1v) is 6.34. The average Bonchev–Trinajstić information content (AvgIpc) is 2.87. The van der Waals surface area contributed by atoms with Crippen molar-refractivity contribution in [3.05, 3.63) is 27.7 Å². The Bertz CT molecular complexity index is 466. The van der Waals surface area contributed by atoms with E-state index in [1.54, 1.807) is 17.1 Å². The summed E-state index contributed by atoms with van der Waals surface area (Å²) in [4.78, 5) is 20.5. The van der Waals surface area contributed by atoms with Crippen molar-refractivity contribution in [1.82, 2.24) is 15.3 Å². The normalized spacial score (nSPS) is 10.2. The third-order valence-corrected chi connectivity index (χ3v) is 3.36. The first kappa shape index (κ1) is 11.0. The highest BCUT2D eigenvalue weighted by Gasteiger charge is 2.06. The number of nitrogens with one attached hydrogen (secondary N) is 1. The SMILES string of the molecule is Nc1nc(CC(=O)NCc2cncs2)cs1. The minimum Gasteiger partial charge on any atom is -0.375 e. The van der Waals surface area contributed by atoms with Crippen molar-refractivity contribution in [3.8, 4) is 0 Å². The van der Waals surface area contributed by atoms with Crippen LogP contribution in [0.25, 0.3) is 0 Å². The standard InChI is InChI=1S/C9H10N4OS2/c10-9-13-6(4-15-9)1-8(14)12-3-7-2-11-5-16-7/h2,4-5H,1,3H2,(H2,10,13)(H,12,14). The van der Waals surface area contributed by atoms with Crippen molar-refractivity contribution < 1.29 is 4.79 Å². The fourth-order valence-corrected chi connectivity index (χ4v) is 2.24. The maximum atomic E-state index is 11.5. The molecule has 5 nitrogen and oxygen atoms in total. The van der Waals surface area contributed by atoms with Gasteiger partial charge in [0.1, 0.15) is 0 Å². The van der Waals surface area contributed by atoms with Gasteiger partial charge < -0.3 is 11.1 Å². The summed E-state index contributed by atoms with van der Waals surface area (Å²) < 4.78 is 0. The number of thiazole rings is 2. The molecule has 0 radical (unpaired) electrons. The van der Waals surface area contributed by atoms with Gasteiger partial charge in [0.15, 0.2) is 5.13 Å². The van der Waals surface area contributed by atoms with E-state index in [-0.39, 0.29) is 12.3 Å². The van der Waals surface area contributed by atoms with E-state index < -0.39 is 0 Å². The molecule has 2 aromatic rings. The van der Waals surface area contributed by atoms with Crippen molar-refractivity contribution in [2.24, 2.45) is 0 Å². The lowest BCUT2D eigenvalue weighted by Gasteiger charge is -2.00. The molecular formula is C9H10N4OS2. The van der Waals surface area contributed by atoms with Crippen LogP contribution in [0.1, 0.15) is 10.6 Å². The molecule has 1 amide bonds. The molecule has 0 fully saturated rings. The summed E-state index contributed by atoms with van der Waals surface area (Å²) in [7, 11) is 0. The van der Waals surface area contributed by atoms with E-state index in [2.05, 4.69) is 15.3 Å². The summed E-state index contributed by atoms with van der Waals surface area (Å²) in [6.07, 6.45) is 2.01. The number of amides is 1. The van der Waals surface area contributed by atoms with Gasteiger partial charge in [0.2, 0.25) is 5.91 Å². The molecule has 0 aliphatic rings. The molecule has 0 aliphatic carbocycles. The Morgan fingerprint density at radius 3 is 3.00 bits per heavy atom. The van der Waals surface area contributed by atoms with Crippen molar-refractivity contribution >= 4 is 33.7 Å². The van der Waals surface area contributed by atoms with Crippen LogP contribution in [0, 0.1) is 0 Å². The number of carbonyl (C=O) groups is 1. The molecule has 16 heavy (non-hydrogen) atoms. The van der Waals surface area contributed by atoms with Crippen LogP contribution < -0.4 is 11.1 Å². The van der Waals surface area contributed by atoms with Crippen LogP contribution in [0.5, 0.6) is 0 Å². The summed E-state index contributed by atoms with van der Waals surface area (Å²) >= 11 is 2.86. The predicted octanol–water partition coefficient (Wildman–Crippen LogP) is 1.04. The summed E-state index contributed by atoms with van der Waals surface area (Å²) in [6, 6.07) is 0. The second-order valence-electron chi connectivity index (χ2n) is 3.10. The van der Waals surface area contributed by atoms with Gasteiger partial charge in [-0.2, -0.15) is 0 Å². The van der Waals surface area contributed by atoms with Crippen molar-refractivity contribution in [3.63, 3.8) is 0 Å². The Kier molecular flexibility index (Phi) is 3.47. The first-order chi connectivity index (χ1) is 7.74. The molecule has 0 atom stereocenters. The van der Waals surface area contributed by atoms with Crippen LogP contribution in [0.3, 0.4) is 0 Å². The van der Waals surface area contributed by atoms with Gasteiger partial charge >= 0.3 is 0 Å². The number of hydrogen-bond acceptors (Lipinski definition) is 6. The third kappa shape index (κ3) is 3.01. The van der Waals surface area contributed by atoms with Crippen molar-refractivity contribution in [2.75, 3.05) is 5.73 Å². The Morgan fingerprint density at radius 1 is 1.50 bits per heavy atom. The second-order valence-corrected chi connectivity index (χ2v) is 4.96. The number of nitrogen functional groups attached to an aromatic ring is 1. The zero-order valence-corrected chi connectivity index (χ0v) is 9.98. The molecule has 0 saturated carbocycles. The van der Waals surface area contributed by atoms with Crippen LogP contribution in [-0.2, 0) is 17.8 Å². The number of rotatable bonds is 4. The molecule has 0 spiro atoms. The number of nitrogens with two attached hydrogens (primary N) is 1. The minimum absolute atomic E-state index is 0.0568. The topological polar surface area (TPSA) is 80.9 Å². The quantitative estimate of drug-likeness (QED) is 0.854. The number of aromatic nitrogens is 2. The van der Waals surface area contributed by atoms with Crippen LogP contribution >= 0.6 is 22.7 Å². The first-order valence-electron chi connectivity index (χ1n) is 4.58. The lowest BCUT2D eigenvalue weighted by Crippen LogP contribution is -2.24. The predicted molar refractivity (Wildman–Crippen MR) is 64.2 cm³/mol. The fraction of sp³-hybridized carbons (Fsp3) is 0.222. The average molecular weight is 254 g/mol. The molecule has 2 rings (SSSR count). The third-order valence-electron chi connectivity index (χ3n) is 1.85.